The van der Waals surface area contributed by atoms with Gasteiger partial charge in [-0.2, -0.15) is 0 Å². The molecule has 0 aromatic carbocycles. The van der Waals surface area contributed by atoms with Gasteiger partial charge in [0, 0.05) is 7.11 Å². The lowest BCUT2D eigenvalue weighted by atomic mass is 9.89. The van der Waals surface area contributed by atoms with E-state index in [9.17, 15) is 9.59 Å². The zero-order chi connectivity index (χ0) is 15.1. The molecule has 2 aliphatic rings. The first-order valence-corrected chi connectivity index (χ1v) is 7.47. The van der Waals surface area contributed by atoms with E-state index in [4.69, 9.17) is 4.74 Å². The Morgan fingerprint density at radius 2 is 1.95 bits per heavy atom. The monoisotopic (exact) mass is 282 g/mol. The minimum atomic E-state index is -0.830. The van der Waals surface area contributed by atoms with Gasteiger partial charge in [0.15, 0.2) is 0 Å². The van der Waals surface area contributed by atoms with E-state index in [1.54, 1.807) is 21.0 Å². The van der Waals surface area contributed by atoms with Crippen LogP contribution in [-0.4, -0.2) is 47.6 Å². The van der Waals surface area contributed by atoms with Crippen LogP contribution in [-0.2, 0) is 14.3 Å². The van der Waals surface area contributed by atoms with Crippen LogP contribution in [0.3, 0.4) is 0 Å². The average Bonchev–Trinajstić information content (AvgIpc) is 2.80. The highest BCUT2D eigenvalue weighted by atomic mass is 16.5. The van der Waals surface area contributed by atoms with Gasteiger partial charge in [-0.05, 0) is 39.0 Å². The number of methoxy groups -OCH3 is 1. The molecule has 3 unspecified atom stereocenters. The van der Waals surface area contributed by atoms with Crippen molar-refractivity contribution in [1.29, 1.82) is 0 Å². The summed E-state index contributed by atoms with van der Waals surface area (Å²) >= 11 is 0. The van der Waals surface area contributed by atoms with Crippen molar-refractivity contribution in [3.63, 3.8) is 0 Å². The number of piperazine rings is 1. The van der Waals surface area contributed by atoms with Gasteiger partial charge in [-0.25, -0.2) is 0 Å². The van der Waals surface area contributed by atoms with Crippen molar-refractivity contribution in [2.75, 3.05) is 7.11 Å². The van der Waals surface area contributed by atoms with Gasteiger partial charge in [0.05, 0.1) is 12.1 Å². The molecule has 0 aromatic rings. The number of nitrogens with zero attached hydrogens (tertiary/aromatic N) is 1. The molecule has 3 atom stereocenters. The van der Waals surface area contributed by atoms with Crippen LogP contribution in [0.5, 0.6) is 0 Å². The molecule has 5 heteroatoms. The van der Waals surface area contributed by atoms with Crippen LogP contribution in [0.1, 0.15) is 47.0 Å². The maximum Gasteiger partial charge on any atom is 0.248 e. The van der Waals surface area contributed by atoms with Crippen molar-refractivity contribution in [2.24, 2.45) is 5.92 Å². The third kappa shape index (κ3) is 2.43. The average molecular weight is 282 g/mol. The first-order chi connectivity index (χ1) is 9.29. The molecule has 2 amide bonds. The molecular formula is C15H26N2O3. The molecule has 114 valence electrons. The topological polar surface area (TPSA) is 58.6 Å². The molecule has 20 heavy (non-hydrogen) atoms. The van der Waals surface area contributed by atoms with Crippen LogP contribution in [0.4, 0.5) is 0 Å². The largest absolute Gasteiger partial charge is 0.379 e. The SMILES string of the molecule is COC1CCCC1N1C(=O)C(C)(C)NC(=O)C1C(C)C. The van der Waals surface area contributed by atoms with Gasteiger partial charge < -0.3 is 15.0 Å². The maximum atomic E-state index is 12.8. The number of nitrogens with one attached hydrogen (secondary N) is 1. The Morgan fingerprint density at radius 3 is 2.50 bits per heavy atom. The molecular weight excluding hydrogens is 256 g/mol. The summed E-state index contributed by atoms with van der Waals surface area (Å²) in [6.07, 6.45) is 2.95. The molecule has 0 bridgehead atoms. The van der Waals surface area contributed by atoms with E-state index >= 15 is 0 Å². The van der Waals surface area contributed by atoms with E-state index in [1.807, 2.05) is 18.7 Å². The number of ether oxygens (including phenoxy) is 1. The fourth-order valence-corrected chi connectivity index (χ4v) is 3.49. The summed E-state index contributed by atoms with van der Waals surface area (Å²) in [5.41, 5.74) is -0.830. The first-order valence-electron chi connectivity index (χ1n) is 7.47. The summed E-state index contributed by atoms with van der Waals surface area (Å²) in [6, 6.07) is -0.374. The molecule has 0 spiro atoms. The lowest BCUT2D eigenvalue weighted by Gasteiger charge is -2.48. The van der Waals surface area contributed by atoms with Crippen molar-refractivity contribution in [1.82, 2.24) is 10.2 Å². The van der Waals surface area contributed by atoms with Gasteiger partial charge in [-0.1, -0.05) is 13.8 Å². The van der Waals surface area contributed by atoms with Crippen molar-refractivity contribution >= 4 is 11.8 Å². The van der Waals surface area contributed by atoms with E-state index in [2.05, 4.69) is 5.32 Å². The molecule has 2 rings (SSSR count). The third-order valence-corrected chi connectivity index (χ3v) is 4.48. The molecule has 5 nitrogen and oxygen atoms in total. The van der Waals surface area contributed by atoms with Gasteiger partial charge >= 0.3 is 0 Å². The summed E-state index contributed by atoms with van der Waals surface area (Å²) in [6.45, 7) is 7.51. The standard InChI is InChI=1S/C15H26N2O3/c1-9(2)12-13(18)16-15(3,4)14(19)17(12)10-7-6-8-11(10)20-5/h9-12H,6-8H2,1-5H3,(H,16,18). The normalized spacial score (nSPS) is 33.7. The van der Waals surface area contributed by atoms with E-state index in [1.165, 1.54) is 0 Å². The van der Waals surface area contributed by atoms with Crippen LogP contribution < -0.4 is 5.32 Å². The summed E-state index contributed by atoms with van der Waals surface area (Å²) < 4.78 is 5.53. The zero-order valence-electron chi connectivity index (χ0n) is 13.1. The Balaban J connectivity index is 2.37. The van der Waals surface area contributed by atoms with Crippen LogP contribution in [0.15, 0.2) is 0 Å². The summed E-state index contributed by atoms with van der Waals surface area (Å²) in [5.74, 6) is 0.0456. The number of hydrogen-bond donors (Lipinski definition) is 1. The molecule has 1 aliphatic heterocycles. The molecule has 1 heterocycles. The highest BCUT2D eigenvalue weighted by Gasteiger charge is 2.51. The second-order valence-corrected chi connectivity index (χ2v) is 6.79. The fourth-order valence-electron chi connectivity index (χ4n) is 3.49. The van der Waals surface area contributed by atoms with Crippen molar-refractivity contribution in [3.8, 4) is 0 Å². The lowest BCUT2D eigenvalue weighted by molar-refractivity contribution is -0.161. The summed E-state index contributed by atoms with van der Waals surface area (Å²) in [5, 5.41) is 2.85. The van der Waals surface area contributed by atoms with Gasteiger partial charge in [-0.3, -0.25) is 9.59 Å². The smallest absolute Gasteiger partial charge is 0.248 e. The third-order valence-electron chi connectivity index (χ3n) is 4.48. The van der Waals surface area contributed by atoms with Gasteiger partial charge in [-0.15, -0.1) is 0 Å². The molecule has 1 aliphatic carbocycles. The first kappa shape index (κ1) is 15.3. The Kier molecular flexibility index (Phi) is 4.09. The molecule has 1 saturated heterocycles. The predicted molar refractivity (Wildman–Crippen MR) is 76.1 cm³/mol. The van der Waals surface area contributed by atoms with E-state index < -0.39 is 11.6 Å². The minimum Gasteiger partial charge on any atom is -0.379 e. The highest BCUT2D eigenvalue weighted by molar-refractivity contribution is 5.99. The Labute approximate surface area is 121 Å². The van der Waals surface area contributed by atoms with Crippen molar-refractivity contribution < 1.29 is 14.3 Å². The van der Waals surface area contributed by atoms with E-state index in [0.29, 0.717) is 0 Å². The van der Waals surface area contributed by atoms with Gasteiger partial charge in [0.1, 0.15) is 11.6 Å². The predicted octanol–water partition coefficient (Wildman–Crippen LogP) is 1.32. The molecule has 0 radical (unpaired) electrons. The number of rotatable bonds is 3. The highest BCUT2D eigenvalue weighted by Crippen LogP contribution is 2.33. The zero-order valence-corrected chi connectivity index (χ0v) is 13.1. The van der Waals surface area contributed by atoms with E-state index in [0.717, 1.165) is 19.3 Å². The fraction of sp³-hybridized carbons (Fsp3) is 0.867. The number of carbonyl (C=O) groups excluding carboxylic acids is 2. The Bertz CT molecular complexity index is 406. The number of hydrogen-bond acceptors (Lipinski definition) is 3. The Morgan fingerprint density at radius 1 is 1.30 bits per heavy atom. The van der Waals surface area contributed by atoms with Crippen LogP contribution in [0, 0.1) is 5.92 Å². The van der Waals surface area contributed by atoms with Crippen LogP contribution in [0.2, 0.25) is 0 Å². The van der Waals surface area contributed by atoms with Crippen LogP contribution >= 0.6 is 0 Å². The molecule has 2 fully saturated rings. The minimum absolute atomic E-state index is 0.00440. The lowest BCUT2D eigenvalue weighted by Crippen LogP contribution is -2.71. The summed E-state index contributed by atoms with van der Waals surface area (Å²) in [7, 11) is 1.69. The number of amides is 2. The van der Waals surface area contributed by atoms with Gasteiger partial charge in [0.2, 0.25) is 11.8 Å². The second kappa shape index (κ2) is 5.35. The van der Waals surface area contributed by atoms with Crippen LogP contribution in [0.25, 0.3) is 0 Å². The molecule has 0 aromatic heterocycles. The Hall–Kier alpha value is -1.10. The molecule has 1 N–H and O–H groups in total. The molecule has 1 saturated carbocycles. The van der Waals surface area contributed by atoms with E-state index in [-0.39, 0.29) is 29.9 Å². The van der Waals surface area contributed by atoms with Crippen molar-refractivity contribution in [2.45, 2.75) is 70.7 Å². The summed E-state index contributed by atoms with van der Waals surface area (Å²) in [4.78, 5) is 27.0. The van der Waals surface area contributed by atoms with Crippen molar-refractivity contribution in [3.05, 3.63) is 0 Å². The van der Waals surface area contributed by atoms with Gasteiger partial charge in [0.25, 0.3) is 0 Å². The number of carbonyl (C=O) groups is 2. The quantitative estimate of drug-likeness (QED) is 0.849. The maximum absolute atomic E-state index is 12.8. The second-order valence-electron chi connectivity index (χ2n) is 6.79.